The molecule has 0 N–H and O–H groups in total. The lowest BCUT2D eigenvalue weighted by molar-refractivity contribution is -0.158. The van der Waals surface area contributed by atoms with Crippen molar-refractivity contribution in [1.29, 1.82) is 0 Å². The minimum Gasteiger partial charge on any atom is -0.469 e. The monoisotopic (exact) mass is 448 g/mol. The average molecular weight is 449 g/mol. The molecule has 0 spiro atoms. The fourth-order valence-electron chi connectivity index (χ4n) is 4.56. The zero-order valence-electron chi connectivity index (χ0n) is 18.4. The van der Waals surface area contributed by atoms with Crippen molar-refractivity contribution in [3.05, 3.63) is 84.9 Å². The van der Waals surface area contributed by atoms with Crippen LogP contribution in [0.1, 0.15) is 49.4 Å². The zero-order valence-corrected chi connectivity index (χ0v) is 19.2. The highest BCUT2D eigenvalue weighted by molar-refractivity contribution is 7.07. The van der Waals surface area contributed by atoms with Gasteiger partial charge in [0.2, 0.25) is 5.72 Å². The molecular weight excluding hydrogens is 424 g/mol. The second kappa shape index (κ2) is 7.45. The number of thiazole rings is 1. The van der Waals surface area contributed by atoms with Crippen LogP contribution in [0.4, 0.5) is 0 Å². The van der Waals surface area contributed by atoms with Gasteiger partial charge in [0.25, 0.3) is 5.56 Å². The summed E-state index contributed by atoms with van der Waals surface area (Å²) in [6, 6.07) is 15.1. The standard InChI is InChI=1S/C25H24N2O4S/c1-14(2)16-11-9-15(10-12-16)13-19-22(28)27-21-17-7-5-6-8-18(17)31-25(3,26-24(27)32-19)20(21)23(29)30-4/h5-14,20-21H,1-4H3/b19-13-. The first kappa shape index (κ1) is 20.7. The minimum atomic E-state index is -1.15. The average Bonchev–Trinajstić information content (AvgIpc) is 3.06. The lowest BCUT2D eigenvalue weighted by Gasteiger charge is -2.44. The number of aromatic nitrogens is 1. The van der Waals surface area contributed by atoms with Crippen LogP contribution >= 0.6 is 11.3 Å². The number of benzene rings is 2. The van der Waals surface area contributed by atoms with Crippen LogP contribution < -0.4 is 19.6 Å². The van der Waals surface area contributed by atoms with E-state index in [-0.39, 0.29) is 5.56 Å². The molecule has 7 heteroatoms. The number of hydrogen-bond acceptors (Lipinski definition) is 6. The Morgan fingerprint density at radius 3 is 2.62 bits per heavy atom. The van der Waals surface area contributed by atoms with Gasteiger partial charge in [0.15, 0.2) is 4.80 Å². The minimum absolute atomic E-state index is 0.167. The Labute approximate surface area is 189 Å². The molecule has 3 heterocycles. The number of fused-ring (bicyclic) bond motifs is 6. The van der Waals surface area contributed by atoms with E-state index in [1.807, 2.05) is 42.5 Å². The predicted octanol–water partition coefficient (Wildman–Crippen LogP) is 2.98. The van der Waals surface area contributed by atoms with Gasteiger partial charge in [-0.25, -0.2) is 4.99 Å². The number of hydrogen-bond donors (Lipinski definition) is 0. The van der Waals surface area contributed by atoms with Gasteiger partial charge in [-0.2, -0.15) is 0 Å². The SMILES string of the molecule is COC(=O)C1C2c3ccccc3OC1(C)N=c1s/c(=C\c3ccc(C(C)C)cc3)c(=O)n12. The van der Waals surface area contributed by atoms with Crippen molar-refractivity contribution in [3.63, 3.8) is 0 Å². The summed E-state index contributed by atoms with van der Waals surface area (Å²) in [5.74, 6) is -0.143. The molecule has 0 fully saturated rings. The number of methoxy groups -OCH3 is 1. The highest BCUT2D eigenvalue weighted by Gasteiger charge is 2.55. The molecule has 2 aliphatic rings. The molecule has 0 radical (unpaired) electrons. The number of para-hydroxylation sites is 1. The van der Waals surface area contributed by atoms with Crippen molar-refractivity contribution in [2.24, 2.45) is 10.9 Å². The third-order valence-electron chi connectivity index (χ3n) is 6.24. The number of carbonyl (C=O) groups is 1. The topological polar surface area (TPSA) is 69.9 Å². The smallest absolute Gasteiger partial charge is 0.317 e. The molecule has 1 aromatic heterocycles. The van der Waals surface area contributed by atoms with Gasteiger partial charge in [-0.05, 0) is 36.1 Å². The third-order valence-corrected chi connectivity index (χ3v) is 7.22. The number of rotatable bonds is 3. The van der Waals surface area contributed by atoms with Gasteiger partial charge in [0, 0.05) is 5.56 Å². The molecule has 32 heavy (non-hydrogen) atoms. The molecule has 0 saturated carbocycles. The maximum atomic E-state index is 13.6. The van der Waals surface area contributed by atoms with E-state index in [2.05, 4.69) is 26.0 Å². The Morgan fingerprint density at radius 2 is 1.94 bits per heavy atom. The number of nitrogens with zero attached hydrogens (tertiary/aromatic N) is 2. The fourth-order valence-corrected chi connectivity index (χ4v) is 5.66. The van der Waals surface area contributed by atoms with Crippen molar-refractivity contribution >= 4 is 23.4 Å². The van der Waals surface area contributed by atoms with E-state index in [0.717, 1.165) is 11.1 Å². The summed E-state index contributed by atoms with van der Waals surface area (Å²) >= 11 is 1.31. The van der Waals surface area contributed by atoms with Crippen LogP contribution in [0, 0.1) is 5.92 Å². The molecule has 0 aliphatic carbocycles. The van der Waals surface area contributed by atoms with Crippen molar-refractivity contribution < 1.29 is 14.3 Å². The molecular formula is C25H24N2O4S. The van der Waals surface area contributed by atoms with Crippen molar-refractivity contribution in [2.75, 3.05) is 7.11 Å². The van der Waals surface area contributed by atoms with E-state index in [9.17, 15) is 9.59 Å². The molecule has 2 aliphatic heterocycles. The van der Waals surface area contributed by atoms with Gasteiger partial charge < -0.3 is 9.47 Å². The van der Waals surface area contributed by atoms with Gasteiger partial charge in [0.1, 0.15) is 11.7 Å². The van der Waals surface area contributed by atoms with Crippen molar-refractivity contribution in [1.82, 2.24) is 4.57 Å². The molecule has 3 aromatic rings. The van der Waals surface area contributed by atoms with Crippen molar-refractivity contribution in [3.8, 4) is 5.75 Å². The lowest BCUT2D eigenvalue weighted by Crippen LogP contribution is -2.58. The molecule has 6 nitrogen and oxygen atoms in total. The summed E-state index contributed by atoms with van der Waals surface area (Å²) in [6.07, 6.45) is 1.88. The summed E-state index contributed by atoms with van der Waals surface area (Å²) in [4.78, 5) is 31.7. The molecule has 164 valence electrons. The van der Waals surface area contributed by atoms with E-state index in [1.54, 1.807) is 11.5 Å². The first-order chi connectivity index (χ1) is 15.3. The van der Waals surface area contributed by atoms with Crippen LogP contribution in [0.15, 0.2) is 58.3 Å². The van der Waals surface area contributed by atoms with Gasteiger partial charge in [-0.1, -0.05) is 67.6 Å². The molecule has 3 unspecified atom stereocenters. The van der Waals surface area contributed by atoms with Crippen LogP contribution in [0.2, 0.25) is 0 Å². The Morgan fingerprint density at radius 1 is 1.22 bits per heavy atom. The number of carbonyl (C=O) groups excluding carboxylic acids is 1. The van der Waals surface area contributed by atoms with Crippen LogP contribution in [-0.4, -0.2) is 23.4 Å². The normalized spacial score (nSPS) is 23.7. The predicted molar refractivity (Wildman–Crippen MR) is 123 cm³/mol. The second-order valence-corrected chi connectivity index (χ2v) is 9.65. The van der Waals surface area contributed by atoms with E-state index in [1.165, 1.54) is 24.0 Å². The highest BCUT2D eigenvalue weighted by Crippen LogP contribution is 2.47. The molecule has 2 bridgehead atoms. The maximum absolute atomic E-state index is 13.6. The lowest BCUT2D eigenvalue weighted by atomic mass is 9.81. The fraction of sp³-hybridized carbons (Fsp3) is 0.320. The van der Waals surface area contributed by atoms with E-state index in [4.69, 9.17) is 14.5 Å². The van der Waals surface area contributed by atoms with Gasteiger partial charge in [-0.3, -0.25) is 14.2 Å². The first-order valence-electron chi connectivity index (χ1n) is 10.6. The molecule has 5 rings (SSSR count). The molecule has 2 aromatic carbocycles. The van der Waals surface area contributed by atoms with E-state index in [0.29, 0.717) is 21.0 Å². The largest absolute Gasteiger partial charge is 0.469 e. The highest BCUT2D eigenvalue weighted by atomic mass is 32.1. The Bertz CT molecular complexity index is 1390. The zero-order chi connectivity index (χ0) is 22.6. The molecule has 0 amide bonds. The Kier molecular flexibility index (Phi) is 4.82. The number of ether oxygens (including phenoxy) is 2. The van der Waals surface area contributed by atoms with Gasteiger partial charge in [0.05, 0.1) is 17.7 Å². The Hall–Kier alpha value is -3.19. The van der Waals surface area contributed by atoms with Crippen molar-refractivity contribution in [2.45, 2.75) is 38.5 Å². The number of esters is 1. The summed E-state index contributed by atoms with van der Waals surface area (Å²) < 4.78 is 13.5. The van der Waals surface area contributed by atoms with Crippen LogP contribution in [0.5, 0.6) is 5.75 Å². The van der Waals surface area contributed by atoms with Crippen LogP contribution in [-0.2, 0) is 9.53 Å². The van der Waals surface area contributed by atoms with E-state index >= 15 is 0 Å². The maximum Gasteiger partial charge on any atom is 0.317 e. The molecule has 0 saturated heterocycles. The van der Waals surface area contributed by atoms with Gasteiger partial charge >= 0.3 is 5.97 Å². The second-order valence-electron chi connectivity index (χ2n) is 8.64. The molecule has 3 atom stereocenters. The summed E-state index contributed by atoms with van der Waals surface area (Å²) in [6.45, 7) is 6.07. The quantitative estimate of drug-likeness (QED) is 0.578. The van der Waals surface area contributed by atoms with Gasteiger partial charge in [-0.15, -0.1) is 0 Å². The summed E-state index contributed by atoms with van der Waals surface area (Å²) in [5.41, 5.74) is 1.65. The Balaban J connectivity index is 1.72. The van der Waals surface area contributed by atoms with Crippen LogP contribution in [0.25, 0.3) is 6.08 Å². The van der Waals surface area contributed by atoms with E-state index < -0.39 is 23.7 Å². The first-order valence-corrected chi connectivity index (χ1v) is 11.4. The van der Waals surface area contributed by atoms with Crippen LogP contribution in [0.3, 0.4) is 0 Å². The summed E-state index contributed by atoms with van der Waals surface area (Å²) in [5, 5.41) is 0. The third kappa shape index (κ3) is 3.11. The summed E-state index contributed by atoms with van der Waals surface area (Å²) in [7, 11) is 1.35.